The van der Waals surface area contributed by atoms with Gasteiger partial charge >= 0.3 is 0 Å². The van der Waals surface area contributed by atoms with Gasteiger partial charge in [-0.3, -0.25) is 0 Å². The normalized spacial score (nSPS) is 24.6. The number of aryl methyl sites for hydroxylation is 1. The van der Waals surface area contributed by atoms with Crippen LogP contribution in [0.2, 0.25) is 0 Å². The molecule has 1 aliphatic rings. The van der Waals surface area contributed by atoms with Crippen LogP contribution in [0.15, 0.2) is 6.33 Å². The molecule has 1 N–H and O–H groups in total. The van der Waals surface area contributed by atoms with E-state index in [2.05, 4.69) is 29.4 Å². The van der Waals surface area contributed by atoms with Gasteiger partial charge in [0.25, 0.3) is 0 Å². The van der Waals surface area contributed by atoms with Crippen molar-refractivity contribution in [3.63, 3.8) is 0 Å². The molecule has 0 bridgehead atoms. The summed E-state index contributed by atoms with van der Waals surface area (Å²) in [6, 6.07) is 0.609. The molecule has 0 aromatic carbocycles. The average molecular weight is 222 g/mol. The third kappa shape index (κ3) is 2.43. The first-order valence-corrected chi connectivity index (χ1v) is 6.16. The smallest absolute Gasteiger partial charge is 0.146 e. The second-order valence-electron chi connectivity index (χ2n) is 5.53. The lowest BCUT2D eigenvalue weighted by molar-refractivity contribution is 0.165. The number of aromatic nitrogens is 3. The molecule has 4 nitrogen and oxygen atoms in total. The summed E-state index contributed by atoms with van der Waals surface area (Å²) in [7, 11) is 1.99. The van der Waals surface area contributed by atoms with Crippen LogP contribution in [0.5, 0.6) is 0 Å². The molecule has 0 radical (unpaired) electrons. The molecule has 1 heterocycles. The van der Waals surface area contributed by atoms with Crippen LogP contribution in [0.3, 0.4) is 0 Å². The SMILES string of the molecule is Cn1cnnc1CNC1CCCCC1(C)C. The summed E-state index contributed by atoms with van der Waals surface area (Å²) in [5.41, 5.74) is 0.414. The van der Waals surface area contributed by atoms with Gasteiger partial charge in [0.2, 0.25) is 0 Å². The summed E-state index contributed by atoms with van der Waals surface area (Å²) in [5.74, 6) is 1.02. The Balaban J connectivity index is 1.92. The minimum Gasteiger partial charge on any atom is -0.320 e. The maximum atomic E-state index is 4.10. The first kappa shape index (κ1) is 11.6. The molecule has 1 aliphatic carbocycles. The monoisotopic (exact) mass is 222 g/mol. The van der Waals surface area contributed by atoms with Crippen molar-refractivity contribution in [1.29, 1.82) is 0 Å². The van der Waals surface area contributed by atoms with Crippen molar-refractivity contribution in [3.05, 3.63) is 12.2 Å². The maximum absolute atomic E-state index is 4.10. The first-order chi connectivity index (χ1) is 7.59. The van der Waals surface area contributed by atoms with Gasteiger partial charge in [0.1, 0.15) is 12.2 Å². The highest BCUT2D eigenvalue weighted by Gasteiger charge is 2.31. The van der Waals surface area contributed by atoms with Crippen LogP contribution in [0.1, 0.15) is 45.4 Å². The van der Waals surface area contributed by atoms with Crippen LogP contribution in [-0.2, 0) is 13.6 Å². The topological polar surface area (TPSA) is 42.7 Å². The number of rotatable bonds is 3. The molecule has 1 aromatic rings. The minimum absolute atomic E-state index is 0.414. The number of nitrogens with one attached hydrogen (secondary N) is 1. The molecule has 1 unspecified atom stereocenters. The number of nitrogens with zero attached hydrogens (tertiary/aromatic N) is 3. The molecule has 2 rings (SSSR count). The molecule has 0 aliphatic heterocycles. The van der Waals surface area contributed by atoms with E-state index in [0.717, 1.165) is 12.4 Å². The largest absolute Gasteiger partial charge is 0.320 e. The van der Waals surface area contributed by atoms with E-state index in [1.807, 2.05) is 11.6 Å². The van der Waals surface area contributed by atoms with E-state index in [1.54, 1.807) is 6.33 Å². The summed E-state index contributed by atoms with van der Waals surface area (Å²) in [5, 5.41) is 11.6. The molecule has 0 saturated heterocycles. The van der Waals surface area contributed by atoms with Crippen LogP contribution in [0.4, 0.5) is 0 Å². The van der Waals surface area contributed by atoms with Crippen LogP contribution in [-0.4, -0.2) is 20.8 Å². The van der Waals surface area contributed by atoms with Gasteiger partial charge in [0.05, 0.1) is 6.54 Å². The van der Waals surface area contributed by atoms with Gasteiger partial charge in [-0.15, -0.1) is 10.2 Å². The predicted molar refractivity (Wildman–Crippen MR) is 63.9 cm³/mol. The second-order valence-corrected chi connectivity index (χ2v) is 5.53. The van der Waals surface area contributed by atoms with Gasteiger partial charge < -0.3 is 9.88 Å². The Kier molecular flexibility index (Phi) is 3.28. The van der Waals surface area contributed by atoms with E-state index in [1.165, 1.54) is 25.7 Å². The molecule has 0 spiro atoms. The molecule has 90 valence electrons. The Hall–Kier alpha value is -0.900. The molecule has 1 atom stereocenters. The van der Waals surface area contributed by atoms with E-state index in [9.17, 15) is 0 Å². The highest BCUT2D eigenvalue weighted by molar-refractivity contribution is 4.91. The van der Waals surface area contributed by atoms with E-state index >= 15 is 0 Å². The lowest BCUT2D eigenvalue weighted by Gasteiger charge is -2.39. The molecule has 1 aromatic heterocycles. The van der Waals surface area contributed by atoms with Gasteiger partial charge in [-0.1, -0.05) is 26.7 Å². The summed E-state index contributed by atoms with van der Waals surface area (Å²) in [4.78, 5) is 0. The zero-order chi connectivity index (χ0) is 11.6. The van der Waals surface area contributed by atoms with Gasteiger partial charge in [0, 0.05) is 13.1 Å². The first-order valence-electron chi connectivity index (χ1n) is 6.16. The number of hydrogen-bond donors (Lipinski definition) is 1. The third-order valence-corrected chi connectivity index (χ3v) is 3.82. The Labute approximate surface area is 97.5 Å². The minimum atomic E-state index is 0.414. The van der Waals surface area contributed by atoms with E-state index in [4.69, 9.17) is 0 Å². The van der Waals surface area contributed by atoms with Gasteiger partial charge in [-0.25, -0.2) is 0 Å². The maximum Gasteiger partial charge on any atom is 0.146 e. The Morgan fingerprint density at radius 3 is 2.94 bits per heavy atom. The molecule has 1 saturated carbocycles. The summed E-state index contributed by atoms with van der Waals surface area (Å²) < 4.78 is 1.98. The van der Waals surface area contributed by atoms with Gasteiger partial charge in [0.15, 0.2) is 0 Å². The van der Waals surface area contributed by atoms with Crippen LogP contribution >= 0.6 is 0 Å². The molecule has 16 heavy (non-hydrogen) atoms. The van der Waals surface area contributed by atoms with Crippen LogP contribution in [0, 0.1) is 5.41 Å². The molecular formula is C12H22N4. The fourth-order valence-electron chi connectivity index (χ4n) is 2.55. The zero-order valence-corrected chi connectivity index (χ0v) is 10.5. The molecule has 1 fully saturated rings. The van der Waals surface area contributed by atoms with Crippen molar-refractivity contribution in [3.8, 4) is 0 Å². The van der Waals surface area contributed by atoms with Crippen LogP contribution < -0.4 is 5.32 Å². The zero-order valence-electron chi connectivity index (χ0n) is 10.5. The van der Waals surface area contributed by atoms with Gasteiger partial charge in [-0.2, -0.15) is 0 Å². The molecule has 0 amide bonds. The lowest BCUT2D eigenvalue weighted by Crippen LogP contribution is -2.44. The van der Waals surface area contributed by atoms with E-state index in [-0.39, 0.29) is 0 Å². The Morgan fingerprint density at radius 2 is 2.31 bits per heavy atom. The van der Waals surface area contributed by atoms with Crippen molar-refractivity contribution in [2.24, 2.45) is 12.5 Å². The summed E-state index contributed by atoms with van der Waals surface area (Å²) in [6.45, 7) is 5.55. The summed E-state index contributed by atoms with van der Waals surface area (Å²) >= 11 is 0. The standard InChI is InChI=1S/C12H22N4/c1-12(2)7-5-4-6-10(12)13-8-11-15-14-9-16(11)3/h9-10,13H,4-8H2,1-3H3. The third-order valence-electron chi connectivity index (χ3n) is 3.82. The fraction of sp³-hybridized carbons (Fsp3) is 0.833. The second kappa shape index (κ2) is 4.53. The van der Waals surface area contributed by atoms with Crippen molar-refractivity contribution in [2.75, 3.05) is 0 Å². The average Bonchev–Trinajstić information content (AvgIpc) is 2.62. The van der Waals surface area contributed by atoms with Crippen molar-refractivity contribution in [2.45, 2.75) is 52.1 Å². The van der Waals surface area contributed by atoms with Crippen molar-refractivity contribution >= 4 is 0 Å². The fourth-order valence-corrected chi connectivity index (χ4v) is 2.55. The molecule has 4 heteroatoms. The predicted octanol–water partition coefficient (Wildman–Crippen LogP) is 1.87. The Morgan fingerprint density at radius 1 is 1.50 bits per heavy atom. The van der Waals surface area contributed by atoms with Crippen molar-refractivity contribution in [1.82, 2.24) is 20.1 Å². The van der Waals surface area contributed by atoms with E-state index < -0.39 is 0 Å². The highest BCUT2D eigenvalue weighted by Crippen LogP contribution is 2.35. The quantitative estimate of drug-likeness (QED) is 0.849. The highest BCUT2D eigenvalue weighted by atomic mass is 15.3. The summed E-state index contributed by atoms with van der Waals surface area (Å²) in [6.07, 6.45) is 7.08. The van der Waals surface area contributed by atoms with E-state index in [0.29, 0.717) is 11.5 Å². The Bertz CT molecular complexity index is 343. The van der Waals surface area contributed by atoms with Gasteiger partial charge in [-0.05, 0) is 18.3 Å². The lowest BCUT2D eigenvalue weighted by atomic mass is 9.73. The van der Waals surface area contributed by atoms with Crippen molar-refractivity contribution < 1.29 is 0 Å². The molecular weight excluding hydrogens is 200 g/mol. The number of hydrogen-bond acceptors (Lipinski definition) is 3. The van der Waals surface area contributed by atoms with Crippen LogP contribution in [0.25, 0.3) is 0 Å².